The summed E-state index contributed by atoms with van der Waals surface area (Å²) in [6.45, 7) is 3.98. The van der Waals surface area contributed by atoms with Crippen molar-refractivity contribution in [2.24, 2.45) is 0 Å². The molecule has 4 rings (SSSR count). The Balaban J connectivity index is 1.77. The third-order valence-electron chi connectivity index (χ3n) is 5.19. The molecule has 2 N–H and O–H groups in total. The van der Waals surface area contributed by atoms with Crippen LogP contribution in [0.3, 0.4) is 0 Å². The van der Waals surface area contributed by atoms with Gasteiger partial charge in [0.05, 0.1) is 10.5 Å². The van der Waals surface area contributed by atoms with Crippen molar-refractivity contribution < 1.29 is 14.8 Å². The minimum absolute atomic E-state index is 0.0152. The molecular weight excluding hydrogens is 416 g/mol. The Labute approximate surface area is 181 Å². The highest BCUT2D eigenvalue weighted by Crippen LogP contribution is 2.35. The van der Waals surface area contributed by atoms with Crippen LogP contribution in [0.2, 0.25) is 0 Å². The van der Waals surface area contributed by atoms with Crippen LogP contribution in [-0.4, -0.2) is 26.0 Å². The van der Waals surface area contributed by atoms with Crippen LogP contribution >= 0.6 is 11.3 Å². The van der Waals surface area contributed by atoms with E-state index in [9.17, 15) is 20.0 Å². The second kappa shape index (κ2) is 8.11. The Morgan fingerprint density at radius 2 is 1.94 bits per heavy atom. The lowest BCUT2D eigenvalue weighted by Crippen LogP contribution is -2.09. The van der Waals surface area contributed by atoms with Crippen LogP contribution < -0.4 is 5.32 Å². The van der Waals surface area contributed by atoms with Gasteiger partial charge in [-0.05, 0) is 48.1 Å². The number of rotatable bonds is 6. The summed E-state index contributed by atoms with van der Waals surface area (Å²) >= 11 is 1.51. The van der Waals surface area contributed by atoms with E-state index in [4.69, 9.17) is 0 Å². The normalized spacial score (nSPS) is 10.9. The number of nitrogens with one attached hydrogen (secondary N) is 1. The molecule has 0 aliphatic heterocycles. The summed E-state index contributed by atoms with van der Waals surface area (Å²) in [5.74, 6) is -0.501. The summed E-state index contributed by atoms with van der Waals surface area (Å²) < 4.78 is 0. The van der Waals surface area contributed by atoms with Crippen LogP contribution in [0.4, 0.5) is 11.4 Å². The average molecular weight is 434 g/mol. The molecule has 0 saturated heterocycles. The van der Waals surface area contributed by atoms with Gasteiger partial charge in [0.2, 0.25) is 0 Å². The SMILES string of the molecule is Cc1c(C(=O)O)cc(NCc2ccc([N+](=O)[O-])cc2)c(-c2ncc3ccsc3n2)c1C. The lowest BCUT2D eigenvalue weighted by atomic mass is 9.95. The molecule has 2 heterocycles. The summed E-state index contributed by atoms with van der Waals surface area (Å²) in [6, 6.07) is 9.75. The number of carbonyl (C=O) groups is 1. The Hall–Kier alpha value is -3.85. The van der Waals surface area contributed by atoms with Crippen LogP contribution in [-0.2, 0) is 6.54 Å². The summed E-state index contributed by atoms with van der Waals surface area (Å²) in [5, 5.41) is 26.7. The fraction of sp³-hybridized carbons (Fsp3) is 0.136. The molecule has 0 spiro atoms. The lowest BCUT2D eigenvalue weighted by molar-refractivity contribution is -0.384. The average Bonchev–Trinajstić information content (AvgIpc) is 3.22. The first-order valence-electron chi connectivity index (χ1n) is 9.40. The second-order valence-electron chi connectivity index (χ2n) is 7.05. The van der Waals surface area contributed by atoms with Gasteiger partial charge in [0.15, 0.2) is 5.82 Å². The number of benzene rings is 2. The van der Waals surface area contributed by atoms with E-state index in [0.29, 0.717) is 23.6 Å². The molecule has 0 atom stereocenters. The highest BCUT2D eigenvalue weighted by Gasteiger charge is 2.20. The molecule has 0 fully saturated rings. The van der Waals surface area contributed by atoms with Gasteiger partial charge in [-0.2, -0.15) is 0 Å². The number of fused-ring (bicyclic) bond motifs is 1. The van der Waals surface area contributed by atoms with Gasteiger partial charge in [-0.25, -0.2) is 14.8 Å². The van der Waals surface area contributed by atoms with Crippen molar-refractivity contribution in [3.63, 3.8) is 0 Å². The molecule has 0 radical (unpaired) electrons. The van der Waals surface area contributed by atoms with Crippen molar-refractivity contribution >= 4 is 38.9 Å². The lowest BCUT2D eigenvalue weighted by Gasteiger charge is -2.18. The summed E-state index contributed by atoms with van der Waals surface area (Å²) in [5.41, 5.74) is 3.79. The molecule has 2 aromatic carbocycles. The van der Waals surface area contributed by atoms with Crippen molar-refractivity contribution in [1.82, 2.24) is 9.97 Å². The number of hydrogen-bond acceptors (Lipinski definition) is 7. The summed E-state index contributed by atoms with van der Waals surface area (Å²) in [6.07, 6.45) is 1.76. The van der Waals surface area contributed by atoms with Crippen molar-refractivity contribution in [2.75, 3.05) is 5.32 Å². The van der Waals surface area contributed by atoms with E-state index in [1.165, 1.54) is 23.5 Å². The minimum Gasteiger partial charge on any atom is -0.478 e. The molecule has 0 saturated carbocycles. The van der Waals surface area contributed by atoms with Gasteiger partial charge in [0.1, 0.15) is 4.83 Å². The minimum atomic E-state index is -1.01. The van der Waals surface area contributed by atoms with E-state index >= 15 is 0 Å². The van der Waals surface area contributed by atoms with Crippen molar-refractivity contribution in [1.29, 1.82) is 0 Å². The van der Waals surface area contributed by atoms with Gasteiger partial charge in [0, 0.05) is 41.5 Å². The number of nitro benzene ring substituents is 1. The van der Waals surface area contributed by atoms with Gasteiger partial charge < -0.3 is 10.4 Å². The summed E-state index contributed by atoms with van der Waals surface area (Å²) in [7, 11) is 0. The molecule has 2 aromatic heterocycles. The highest BCUT2D eigenvalue weighted by atomic mass is 32.1. The third kappa shape index (κ3) is 3.95. The van der Waals surface area contributed by atoms with Crippen molar-refractivity contribution in [3.8, 4) is 11.4 Å². The van der Waals surface area contributed by atoms with E-state index in [0.717, 1.165) is 26.9 Å². The molecule has 31 heavy (non-hydrogen) atoms. The van der Waals surface area contributed by atoms with Gasteiger partial charge >= 0.3 is 5.97 Å². The topological polar surface area (TPSA) is 118 Å². The standard InChI is InChI=1S/C22H18N4O4S/c1-12-13(2)19(20-24-11-15-7-8-31-21(15)25-20)18(9-17(12)22(27)28)23-10-14-3-5-16(6-4-14)26(29)30/h3-9,11,23H,10H2,1-2H3,(H,27,28). The van der Waals surface area contributed by atoms with Crippen molar-refractivity contribution in [2.45, 2.75) is 20.4 Å². The number of aromatic carboxylic acids is 1. The molecule has 8 nitrogen and oxygen atoms in total. The number of aromatic nitrogens is 2. The van der Waals surface area contributed by atoms with Gasteiger partial charge in [-0.1, -0.05) is 12.1 Å². The number of hydrogen-bond donors (Lipinski definition) is 2. The predicted octanol–water partition coefficient (Wildman–Crippen LogP) is 5.19. The van der Waals surface area contributed by atoms with Crippen molar-refractivity contribution in [3.05, 3.63) is 80.3 Å². The quantitative estimate of drug-likeness (QED) is 0.316. The van der Waals surface area contributed by atoms with E-state index in [-0.39, 0.29) is 11.3 Å². The largest absolute Gasteiger partial charge is 0.478 e. The van der Waals surface area contributed by atoms with E-state index in [1.807, 2.05) is 18.4 Å². The van der Waals surface area contributed by atoms with Crippen LogP contribution in [0.1, 0.15) is 27.0 Å². The molecule has 0 amide bonds. The van der Waals surface area contributed by atoms with Gasteiger partial charge in [0.25, 0.3) is 5.69 Å². The molecule has 0 unspecified atom stereocenters. The first-order chi connectivity index (χ1) is 14.8. The molecule has 0 aliphatic carbocycles. The Morgan fingerprint density at radius 3 is 2.61 bits per heavy atom. The number of non-ortho nitro benzene ring substituents is 1. The highest BCUT2D eigenvalue weighted by molar-refractivity contribution is 7.16. The zero-order chi connectivity index (χ0) is 22.1. The zero-order valence-electron chi connectivity index (χ0n) is 16.7. The van der Waals surface area contributed by atoms with Gasteiger partial charge in [-0.3, -0.25) is 10.1 Å². The van der Waals surface area contributed by atoms with Gasteiger partial charge in [-0.15, -0.1) is 11.3 Å². The number of carboxylic acids is 1. The fourth-order valence-electron chi connectivity index (χ4n) is 3.38. The Kier molecular flexibility index (Phi) is 5.35. The Morgan fingerprint density at radius 1 is 1.19 bits per heavy atom. The Bertz CT molecular complexity index is 1320. The molecule has 9 heteroatoms. The molecule has 4 aromatic rings. The smallest absolute Gasteiger partial charge is 0.336 e. The van der Waals surface area contributed by atoms with Crippen LogP contribution in [0.15, 0.2) is 48.0 Å². The first-order valence-corrected chi connectivity index (χ1v) is 10.3. The number of anilines is 1. The van der Waals surface area contributed by atoms with Crippen LogP contribution in [0.5, 0.6) is 0 Å². The molecule has 0 aliphatic rings. The maximum absolute atomic E-state index is 11.8. The number of nitro groups is 1. The maximum atomic E-state index is 11.8. The number of nitrogens with zero attached hydrogens (tertiary/aromatic N) is 3. The zero-order valence-corrected chi connectivity index (χ0v) is 17.6. The van der Waals surface area contributed by atoms with E-state index < -0.39 is 10.9 Å². The number of carboxylic acid groups (broad SMARTS) is 1. The molecule has 156 valence electrons. The third-order valence-corrected chi connectivity index (χ3v) is 6.01. The molecule has 0 bridgehead atoms. The first kappa shape index (κ1) is 20.4. The fourth-order valence-corrected chi connectivity index (χ4v) is 4.11. The van der Waals surface area contributed by atoms with Crippen LogP contribution in [0, 0.1) is 24.0 Å². The maximum Gasteiger partial charge on any atom is 0.336 e. The predicted molar refractivity (Wildman–Crippen MR) is 120 cm³/mol. The number of thiophene rings is 1. The van der Waals surface area contributed by atoms with E-state index in [1.54, 1.807) is 31.3 Å². The van der Waals surface area contributed by atoms with E-state index in [2.05, 4.69) is 15.3 Å². The van der Waals surface area contributed by atoms with Crippen LogP contribution in [0.25, 0.3) is 21.6 Å². The molecular formula is C22H18N4O4S. The summed E-state index contributed by atoms with van der Waals surface area (Å²) in [4.78, 5) is 32.2. The second-order valence-corrected chi connectivity index (χ2v) is 7.95. The monoisotopic (exact) mass is 434 g/mol.